The van der Waals surface area contributed by atoms with Crippen LogP contribution in [0.2, 0.25) is 0 Å². The van der Waals surface area contributed by atoms with Crippen LogP contribution in [0.25, 0.3) is 10.9 Å². The quantitative estimate of drug-likeness (QED) is 0.791. The van der Waals surface area contributed by atoms with Gasteiger partial charge in [0, 0.05) is 23.5 Å². The predicted octanol–water partition coefficient (Wildman–Crippen LogP) is 4.08. The van der Waals surface area contributed by atoms with Gasteiger partial charge < -0.3 is 10.1 Å². The molecule has 1 unspecified atom stereocenters. The molecule has 1 atom stereocenters. The molecule has 3 aromatic rings. The van der Waals surface area contributed by atoms with Crippen molar-refractivity contribution in [1.29, 1.82) is 5.26 Å². The van der Waals surface area contributed by atoms with Gasteiger partial charge in [0.05, 0.1) is 12.1 Å². The highest BCUT2D eigenvalue weighted by molar-refractivity contribution is 5.91. The van der Waals surface area contributed by atoms with E-state index >= 15 is 0 Å². The predicted molar refractivity (Wildman–Crippen MR) is 94.2 cm³/mol. The number of pyridine rings is 1. The first-order valence-corrected chi connectivity index (χ1v) is 8.10. The van der Waals surface area contributed by atoms with Crippen LogP contribution in [0.4, 0.5) is 5.69 Å². The SMILES string of the molecule is N#Cc1cc(NCC2CCOc3ccccc32)c2ccccc2n1. The van der Waals surface area contributed by atoms with Crippen LogP contribution in [0.5, 0.6) is 5.75 Å². The topological polar surface area (TPSA) is 57.9 Å². The Morgan fingerprint density at radius 1 is 1.17 bits per heavy atom. The van der Waals surface area contributed by atoms with Crippen molar-refractivity contribution in [2.24, 2.45) is 0 Å². The third-order valence-corrected chi connectivity index (χ3v) is 4.45. The van der Waals surface area contributed by atoms with Crippen molar-refractivity contribution in [3.05, 3.63) is 65.9 Å². The lowest BCUT2D eigenvalue weighted by Gasteiger charge is -2.26. The van der Waals surface area contributed by atoms with Gasteiger partial charge in [-0.2, -0.15) is 5.26 Å². The van der Waals surface area contributed by atoms with Gasteiger partial charge in [-0.05, 0) is 30.2 Å². The first-order valence-electron chi connectivity index (χ1n) is 8.10. The summed E-state index contributed by atoms with van der Waals surface area (Å²) >= 11 is 0. The number of nitrogens with zero attached hydrogens (tertiary/aromatic N) is 2. The summed E-state index contributed by atoms with van der Waals surface area (Å²) in [5, 5.41) is 13.8. The Hall–Kier alpha value is -3.06. The van der Waals surface area contributed by atoms with Crippen LogP contribution in [0, 0.1) is 11.3 Å². The van der Waals surface area contributed by atoms with Crippen molar-refractivity contribution in [2.45, 2.75) is 12.3 Å². The second-order valence-corrected chi connectivity index (χ2v) is 5.94. The molecule has 0 amide bonds. The molecule has 1 N–H and O–H groups in total. The molecule has 1 aliphatic rings. The standard InChI is InChI=1S/C20H17N3O/c21-12-15-11-19(17-6-1-3-7-18(17)23-15)22-13-14-9-10-24-20-8-4-2-5-16(14)20/h1-8,11,14H,9-10,13H2,(H,22,23). The summed E-state index contributed by atoms with van der Waals surface area (Å²) < 4.78 is 5.73. The van der Waals surface area contributed by atoms with E-state index in [2.05, 4.69) is 28.5 Å². The lowest BCUT2D eigenvalue weighted by atomic mass is 9.93. The minimum atomic E-state index is 0.396. The molecule has 0 bridgehead atoms. The third-order valence-electron chi connectivity index (χ3n) is 4.45. The Balaban J connectivity index is 1.63. The van der Waals surface area contributed by atoms with Gasteiger partial charge in [0.1, 0.15) is 17.5 Å². The highest BCUT2D eigenvalue weighted by Gasteiger charge is 2.21. The van der Waals surface area contributed by atoms with Crippen LogP contribution in [0.15, 0.2) is 54.6 Å². The van der Waals surface area contributed by atoms with Crippen LogP contribution in [0.1, 0.15) is 23.6 Å². The second-order valence-electron chi connectivity index (χ2n) is 5.94. The Morgan fingerprint density at radius 2 is 2.00 bits per heavy atom. The molecule has 2 heterocycles. The monoisotopic (exact) mass is 315 g/mol. The first kappa shape index (κ1) is 14.5. The normalized spacial score (nSPS) is 16.0. The van der Waals surface area contributed by atoms with E-state index < -0.39 is 0 Å². The zero-order valence-electron chi connectivity index (χ0n) is 13.2. The fourth-order valence-electron chi connectivity index (χ4n) is 3.24. The smallest absolute Gasteiger partial charge is 0.143 e. The minimum Gasteiger partial charge on any atom is -0.493 e. The van der Waals surface area contributed by atoms with Gasteiger partial charge >= 0.3 is 0 Å². The van der Waals surface area contributed by atoms with E-state index in [0.717, 1.165) is 41.9 Å². The molecular formula is C20H17N3O. The number of rotatable bonds is 3. The lowest BCUT2D eigenvalue weighted by Crippen LogP contribution is -2.20. The molecule has 0 saturated heterocycles. The van der Waals surface area contributed by atoms with Gasteiger partial charge in [0.2, 0.25) is 0 Å². The maximum Gasteiger partial charge on any atom is 0.143 e. The summed E-state index contributed by atoms with van der Waals surface area (Å²) in [4.78, 5) is 4.36. The molecule has 2 aromatic carbocycles. The van der Waals surface area contributed by atoms with Crippen LogP contribution in [0.3, 0.4) is 0 Å². The van der Waals surface area contributed by atoms with Gasteiger partial charge in [-0.25, -0.2) is 4.98 Å². The highest BCUT2D eigenvalue weighted by Crippen LogP contribution is 2.34. The number of hydrogen-bond donors (Lipinski definition) is 1. The number of nitriles is 1. The summed E-state index contributed by atoms with van der Waals surface area (Å²) in [6, 6.07) is 20.1. The lowest BCUT2D eigenvalue weighted by molar-refractivity contribution is 0.270. The van der Waals surface area contributed by atoms with E-state index in [0.29, 0.717) is 11.6 Å². The maximum atomic E-state index is 9.21. The molecule has 4 nitrogen and oxygen atoms in total. The summed E-state index contributed by atoms with van der Waals surface area (Å²) in [5.41, 5.74) is 3.48. The Labute approximate surface area is 140 Å². The Morgan fingerprint density at radius 3 is 2.92 bits per heavy atom. The van der Waals surface area contributed by atoms with E-state index in [1.54, 1.807) is 0 Å². The molecular weight excluding hydrogens is 298 g/mol. The first-order chi connectivity index (χ1) is 11.8. The Kier molecular flexibility index (Phi) is 3.76. The zero-order valence-corrected chi connectivity index (χ0v) is 13.2. The molecule has 0 aliphatic carbocycles. The number of ether oxygens (including phenoxy) is 1. The van der Waals surface area contributed by atoms with E-state index in [1.807, 2.05) is 42.5 Å². The fourth-order valence-corrected chi connectivity index (χ4v) is 3.24. The van der Waals surface area contributed by atoms with Gasteiger partial charge in [0.25, 0.3) is 0 Å². The second kappa shape index (κ2) is 6.21. The van der Waals surface area contributed by atoms with Crippen molar-refractivity contribution < 1.29 is 4.74 Å². The summed E-state index contributed by atoms with van der Waals surface area (Å²) in [5.74, 6) is 1.38. The molecule has 0 fully saturated rings. The fraction of sp³-hybridized carbons (Fsp3) is 0.200. The number of anilines is 1. The van der Waals surface area contributed by atoms with E-state index in [1.165, 1.54) is 5.56 Å². The highest BCUT2D eigenvalue weighted by atomic mass is 16.5. The number of aromatic nitrogens is 1. The van der Waals surface area contributed by atoms with Gasteiger partial charge in [0.15, 0.2) is 0 Å². The number of benzene rings is 2. The molecule has 1 aromatic heterocycles. The molecule has 118 valence electrons. The number of para-hydroxylation sites is 2. The average Bonchev–Trinajstić information content (AvgIpc) is 2.65. The van der Waals surface area contributed by atoms with Crippen molar-refractivity contribution >= 4 is 16.6 Å². The van der Waals surface area contributed by atoms with Crippen LogP contribution < -0.4 is 10.1 Å². The van der Waals surface area contributed by atoms with E-state index in [-0.39, 0.29) is 0 Å². The number of fused-ring (bicyclic) bond motifs is 2. The summed E-state index contributed by atoms with van der Waals surface area (Å²) in [6.07, 6.45) is 0.984. The molecule has 24 heavy (non-hydrogen) atoms. The number of hydrogen-bond acceptors (Lipinski definition) is 4. The van der Waals surface area contributed by atoms with Crippen LogP contribution >= 0.6 is 0 Å². The average molecular weight is 315 g/mol. The molecule has 1 aliphatic heterocycles. The maximum absolute atomic E-state index is 9.21. The van der Waals surface area contributed by atoms with Crippen molar-refractivity contribution in [1.82, 2.24) is 4.98 Å². The van der Waals surface area contributed by atoms with Crippen molar-refractivity contribution in [3.8, 4) is 11.8 Å². The summed E-state index contributed by atoms with van der Waals surface area (Å²) in [7, 11) is 0. The van der Waals surface area contributed by atoms with Gasteiger partial charge in [-0.15, -0.1) is 0 Å². The zero-order chi connectivity index (χ0) is 16.4. The van der Waals surface area contributed by atoms with Gasteiger partial charge in [-0.3, -0.25) is 0 Å². The van der Waals surface area contributed by atoms with Crippen LogP contribution in [-0.4, -0.2) is 18.1 Å². The van der Waals surface area contributed by atoms with E-state index in [4.69, 9.17) is 4.74 Å². The van der Waals surface area contributed by atoms with Crippen molar-refractivity contribution in [2.75, 3.05) is 18.5 Å². The van der Waals surface area contributed by atoms with Crippen molar-refractivity contribution in [3.63, 3.8) is 0 Å². The third kappa shape index (κ3) is 2.65. The minimum absolute atomic E-state index is 0.396. The van der Waals surface area contributed by atoms with E-state index in [9.17, 15) is 5.26 Å². The summed E-state index contributed by atoms with van der Waals surface area (Å²) in [6.45, 7) is 1.54. The molecule has 4 heteroatoms. The number of nitrogens with one attached hydrogen (secondary N) is 1. The molecule has 4 rings (SSSR count). The molecule has 0 radical (unpaired) electrons. The van der Waals surface area contributed by atoms with Crippen LogP contribution in [-0.2, 0) is 0 Å². The molecule has 0 spiro atoms. The largest absolute Gasteiger partial charge is 0.493 e. The van der Waals surface area contributed by atoms with Gasteiger partial charge in [-0.1, -0.05) is 36.4 Å². The Bertz CT molecular complexity index is 930. The molecule has 0 saturated carbocycles.